The molecule has 2 atom stereocenters. The quantitative estimate of drug-likeness (QED) is 0.882. The Balaban J connectivity index is 2.30. The van der Waals surface area contributed by atoms with E-state index in [-0.39, 0.29) is 17.5 Å². The monoisotopic (exact) mass is 301 g/mol. The van der Waals surface area contributed by atoms with Crippen molar-refractivity contribution >= 4 is 10.0 Å². The summed E-state index contributed by atoms with van der Waals surface area (Å²) in [5.41, 5.74) is 5.50. The molecule has 0 aliphatic carbocycles. The van der Waals surface area contributed by atoms with Gasteiger partial charge in [-0.2, -0.15) is 4.31 Å². The lowest BCUT2D eigenvalue weighted by molar-refractivity contribution is 0.263. The highest BCUT2D eigenvalue weighted by atomic mass is 32.2. The largest absolute Gasteiger partial charge is 0.464 e. The van der Waals surface area contributed by atoms with Gasteiger partial charge in [0.05, 0.1) is 6.54 Å². The van der Waals surface area contributed by atoms with Gasteiger partial charge >= 0.3 is 0 Å². The number of furan rings is 1. The highest BCUT2D eigenvalue weighted by Gasteiger charge is 2.39. The summed E-state index contributed by atoms with van der Waals surface area (Å²) >= 11 is 0. The molecule has 1 aromatic heterocycles. The first kappa shape index (κ1) is 15.5. The van der Waals surface area contributed by atoms with E-state index in [4.69, 9.17) is 10.2 Å². The van der Waals surface area contributed by atoms with Crippen LogP contribution in [0.15, 0.2) is 15.4 Å². The maximum absolute atomic E-state index is 12.7. The van der Waals surface area contributed by atoms with Crippen LogP contribution in [0.5, 0.6) is 0 Å². The van der Waals surface area contributed by atoms with Crippen LogP contribution in [0, 0.1) is 12.8 Å². The first-order chi connectivity index (χ1) is 9.27. The fraction of sp³-hybridized carbons (Fsp3) is 0.692. The third kappa shape index (κ3) is 2.63. The molecule has 0 spiro atoms. The maximum Gasteiger partial charge on any atom is 0.246 e. The van der Waals surface area contributed by atoms with Gasteiger partial charge < -0.3 is 15.1 Å². The fourth-order valence-corrected chi connectivity index (χ4v) is 4.54. The summed E-state index contributed by atoms with van der Waals surface area (Å²) in [6.45, 7) is 4.99. The summed E-state index contributed by atoms with van der Waals surface area (Å²) < 4.78 is 32.3. The number of rotatable bonds is 4. The third-order valence-corrected chi connectivity index (χ3v) is 5.88. The third-order valence-electron chi connectivity index (χ3n) is 3.94. The average Bonchev–Trinajstić information content (AvgIpc) is 2.93. The molecular formula is C13H23N3O3S. The topological polar surface area (TPSA) is 79.8 Å². The molecule has 1 saturated heterocycles. The van der Waals surface area contributed by atoms with E-state index in [0.29, 0.717) is 30.5 Å². The van der Waals surface area contributed by atoms with Crippen LogP contribution in [-0.2, 0) is 16.6 Å². The number of hydrogen-bond acceptors (Lipinski definition) is 5. The number of nitrogens with zero attached hydrogens (tertiary/aromatic N) is 2. The highest BCUT2D eigenvalue weighted by Crippen LogP contribution is 2.29. The van der Waals surface area contributed by atoms with Crippen molar-refractivity contribution in [1.29, 1.82) is 0 Å². The molecule has 1 aromatic rings. The zero-order valence-electron chi connectivity index (χ0n) is 12.5. The van der Waals surface area contributed by atoms with Crippen LogP contribution in [0.1, 0.15) is 18.4 Å². The van der Waals surface area contributed by atoms with Gasteiger partial charge in [-0.1, -0.05) is 6.92 Å². The Morgan fingerprint density at radius 2 is 2.10 bits per heavy atom. The van der Waals surface area contributed by atoms with Crippen molar-refractivity contribution in [1.82, 2.24) is 9.21 Å². The minimum absolute atomic E-state index is 0.201. The van der Waals surface area contributed by atoms with Gasteiger partial charge in [-0.05, 0) is 26.9 Å². The molecule has 2 heterocycles. The molecule has 0 radical (unpaired) electrons. The lowest BCUT2D eigenvalue weighted by atomic mass is 10.1. The van der Waals surface area contributed by atoms with Crippen LogP contribution < -0.4 is 5.73 Å². The van der Waals surface area contributed by atoms with E-state index < -0.39 is 10.0 Å². The highest BCUT2D eigenvalue weighted by molar-refractivity contribution is 7.89. The van der Waals surface area contributed by atoms with E-state index in [1.54, 1.807) is 17.3 Å². The minimum Gasteiger partial charge on any atom is -0.464 e. The Hall–Kier alpha value is -0.890. The minimum atomic E-state index is -3.50. The predicted octanol–water partition coefficient (Wildman–Crippen LogP) is 0.617. The maximum atomic E-state index is 12.7. The Morgan fingerprint density at radius 3 is 2.55 bits per heavy atom. The van der Waals surface area contributed by atoms with Gasteiger partial charge in [0, 0.05) is 25.2 Å². The van der Waals surface area contributed by atoms with Crippen LogP contribution in [0.25, 0.3) is 0 Å². The van der Waals surface area contributed by atoms with Crippen molar-refractivity contribution in [3.05, 3.63) is 17.6 Å². The molecule has 114 valence electrons. The molecule has 0 aromatic carbocycles. The number of likely N-dealkylation sites (N-methyl/N-ethyl adjacent to an activating group) is 1. The van der Waals surface area contributed by atoms with E-state index in [0.717, 1.165) is 0 Å². The second kappa shape index (κ2) is 5.48. The van der Waals surface area contributed by atoms with Crippen LogP contribution >= 0.6 is 0 Å². The van der Waals surface area contributed by atoms with Gasteiger partial charge in [-0.3, -0.25) is 0 Å². The summed E-state index contributed by atoms with van der Waals surface area (Å²) in [6, 6.07) is 1.78. The molecular weight excluding hydrogens is 278 g/mol. The lowest BCUT2D eigenvalue weighted by Crippen LogP contribution is -2.35. The number of hydrogen-bond donors (Lipinski definition) is 1. The predicted molar refractivity (Wildman–Crippen MR) is 76.7 cm³/mol. The molecule has 2 rings (SSSR count). The van der Waals surface area contributed by atoms with E-state index in [1.807, 2.05) is 14.1 Å². The summed E-state index contributed by atoms with van der Waals surface area (Å²) in [5.74, 6) is 1.21. The van der Waals surface area contributed by atoms with Crippen LogP contribution in [-0.4, -0.2) is 50.8 Å². The van der Waals surface area contributed by atoms with E-state index in [9.17, 15) is 8.42 Å². The molecule has 1 aliphatic rings. The van der Waals surface area contributed by atoms with Gasteiger partial charge in [-0.25, -0.2) is 8.42 Å². The first-order valence-electron chi connectivity index (χ1n) is 6.73. The molecule has 0 bridgehead atoms. The van der Waals surface area contributed by atoms with Crippen LogP contribution in [0.4, 0.5) is 0 Å². The Morgan fingerprint density at radius 1 is 1.45 bits per heavy atom. The molecule has 0 amide bonds. The Labute approximate surface area is 120 Å². The second-order valence-electron chi connectivity index (χ2n) is 5.67. The molecule has 6 nitrogen and oxygen atoms in total. The van der Waals surface area contributed by atoms with Crippen LogP contribution in [0.2, 0.25) is 0 Å². The summed E-state index contributed by atoms with van der Waals surface area (Å²) in [5, 5.41) is 0. The molecule has 2 unspecified atom stereocenters. The standard InChI is InChI=1S/C13H23N3O3S/c1-9-7-16(8-12(9)15(3)4)20(17,18)13-5-11(6-14)19-10(13)2/h5,9,12H,6-8,14H2,1-4H3. The van der Waals surface area contributed by atoms with Gasteiger partial charge in [0.25, 0.3) is 0 Å². The molecule has 20 heavy (non-hydrogen) atoms. The summed E-state index contributed by atoms with van der Waals surface area (Å²) in [6.07, 6.45) is 0. The second-order valence-corrected chi connectivity index (χ2v) is 7.57. The van der Waals surface area contributed by atoms with E-state index >= 15 is 0 Å². The smallest absolute Gasteiger partial charge is 0.246 e. The summed E-state index contributed by atoms with van der Waals surface area (Å²) in [4.78, 5) is 2.32. The van der Waals surface area contributed by atoms with Crippen LogP contribution in [0.3, 0.4) is 0 Å². The fourth-order valence-electron chi connectivity index (χ4n) is 2.79. The van der Waals surface area contributed by atoms with Crippen molar-refractivity contribution in [3.63, 3.8) is 0 Å². The molecule has 2 N–H and O–H groups in total. The van der Waals surface area contributed by atoms with Gasteiger partial charge in [0.1, 0.15) is 16.4 Å². The Bertz CT molecular complexity index is 580. The number of aryl methyl sites for hydroxylation is 1. The average molecular weight is 301 g/mol. The van der Waals surface area contributed by atoms with Gasteiger partial charge in [0.15, 0.2) is 0 Å². The van der Waals surface area contributed by atoms with Crippen molar-refractivity contribution in [2.24, 2.45) is 11.7 Å². The molecule has 1 fully saturated rings. The van der Waals surface area contributed by atoms with Crippen molar-refractivity contribution in [2.75, 3.05) is 27.2 Å². The lowest BCUT2D eigenvalue weighted by Gasteiger charge is -2.22. The van der Waals surface area contributed by atoms with Crippen molar-refractivity contribution in [3.8, 4) is 0 Å². The van der Waals surface area contributed by atoms with Gasteiger partial charge in [-0.15, -0.1) is 0 Å². The molecule has 1 aliphatic heterocycles. The van der Waals surface area contributed by atoms with E-state index in [1.165, 1.54) is 0 Å². The summed E-state index contributed by atoms with van der Waals surface area (Å²) in [7, 11) is 0.458. The van der Waals surface area contributed by atoms with Gasteiger partial charge in [0.2, 0.25) is 10.0 Å². The SMILES string of the molecule is Cc1oc(CN)cc1S(=O)(=O)N1CC(C)C(N(C)C)C1. The first-order valence-corrected chi connectivity index (χ1v) is 8.17. The number of sulfonamides is 1. The Kier molecular flexibility index (Phi) is 4.24. The zero-order valence-corrected chi connectivity index (χ0v) is 13.3. The molecule has 7 heteroatoms. The normalized spacial score (nSPS) is 24.7. The zero-order chi connectivity index (χ0) is 15.1. The van der Waals surface area contributed by atoms with Crippen molar-refractivity contribution in [2.45, 2.75) is 31.3 Å². The molecule has 0 saturated carbocycles. The van der Waals surface area contributed by atoms with E-state index in [2.05, 4.69) is 11.8 Å². The van der Waals surface area contributed by atoms with Crippen molar-refractivity contribution < 1.29 is 12.8 Å². The number of nitrogens with two attached hydrogens (primary N) is 1.